The van der Waals surface area contributed by atoms with E-state index in [-0.39, 0.29) is 37.5 Å². The quantitative estimate of drug-likeness (QED) is 0.377. The third-order valence-electron chi connectivity index (χ3n) is 8.09. The Hall–Kier alpha value is -2.42. The van der Waals surface area contributed by atoms with Crippen molar-refractivity contribution >= 4 is 35.1 Å². The van der Waals surface area contributed by atoms with Crippen LogP contribution in [0, 0.1) is 17.8 Å². The van der Waals surface area contributed by atoms with E-state index in [0.29, 0.717) is 30.0 Å². The number of nitrogens with zero attached hydrogens (tertiary/aromatic N) is 2. The standard InChI is InChI=1S/C27H35ClN2O6/c1-5-14-29(18-10-8-17(28)9-11-18)25(33)23-27-13-12-20(36-27)21(26(34)35-7-3)22(27)24(32)30(23)19(15-31)16(4)6-2/h5,8-11,16,19-23,31H,1,6-7,12-15H2,2-4H3/t16-,19-,20+,21-,22-,23?,27?/m0/s1. The first kappa shape index (κ1) is 26.6. The number of likely N-dealkylation sites (tertiary alicyclic amines) is 1. The molecular weight excluding hydrogens is 484 g/mol. The van der Waals surface area contributed by atoms with E-state index in [1.807, 2.05) is 13.8 Å². The second-order valence-electron chi connectivity index (χ2n) is 9.90. The molecule has 196 valence electrons. The first-order valence-corrected chi connectivity index (χ1v) is 13.1. The number of ether oxygens (including phenoxy) is 2. The van der Waals surface area contributed by atoms with Gasteiger partial charge in [0.25, 0.3) is 5.91 Å². The van der Waals surface area contributed by atoms with Gasteiger partial charge < -0.3 is 24.4 Å². The molecule has 1 N–H and O–H groups in total. The lowest BCUT2D eigenvalue weighted by Crippen LogP contribution is -2.60. The number of anilines is 1. The van der Waals surface area contributed by atoms with Gasteiger partial charge in [0.05, 0.1) is 37.2 Å². The maximum absolute atomic E-state index is 14.4. The first-order chi connectivity index (χ1) is 17.2. The van der Waals surface area contributed by atoms with Gasteiger partial charge in [-0.25, -0.2) is 0 Å². The fourth-order valence-electron chi connectivity index (χ4n) is 6.27. The number of aliphatic hydroxyl groups excluding tert-OH is 1. The van der Waals surface area contributed by atoms with E-state index < -0.39 is 41.6 Å². The Morgan fingerprint density at radius 2 is 2.06 bits per heavy atom. The Bertz CT molecular complexity index is 1020. The average Bonchev–Trinajstić information content (AvgIpc) is 3.51. The van der Waals surface area contributed by atoms with Gasteiger partial charge in [0.15, 0.2) is 0 Å². The van der Waals surface area contributed by atoms with Crippen LogP contribution in [0.4, 0.5) is 5.69 Å². The fourth-order valence-corrected chi connectivity index (χ4v) is 6.39. The van der Waals surface area contributed by atoms with Crippen LogP contribution in [-0.4, -0.2) is 71.3 Å². The van der Waals surface area contributed by atoms with Crippen LogP contribution < -0.4 is 4.90 Å². The number of carbonyl (C=O) groups is 3. The lowest BCUT2D eigenvalue weighted by Gasteiger charge is -2.40. The van der Waals surface area contributed by atoms with Gasteiger partial charge in [-0.3, -0.25) is 14.4 Å². The summed E-state index contributed by atoms with van der Waals surface area (Å²) in [5, 5.41) is 10.9. The van der Waals surface area contributed by atoms with Crippen molar-refractivity contribution in [3.05, 3.63) is 41.9 Å². The Balaban J connectivity index is 1.83. The van der Waals surface area contributed by atoms with Gasteiger partial charge in [-0.05, 0) is 49.9 Å². The maximum Gasteiger partial charge on any atom is 0.312 e. The third-order valence-corrected chi connectivity index (χ3v) is 8.34. The van der Waals surface area contributed by atoms with Crippen LogP contribution in [0.1, 0.15) is 40.0 Å². The predicted octanol–water partition coefficient (Wildman–Crippen LogP) is 3.20. The summed E-state index contributed by atoms with van der Waals surface area (Å²) in [6, 6.07) is 5.28. The van der Waals surface area contributed by atoms with E-state index in [9.17, 15) is 19.5 Å². The molecule has 1 aromatic carbocycles. The lowest BCUT2D eigenvalue weighted by molar-refractivity contribution is -0.155. The van der Waals surface area contributed by atoms with Gasteiger partial charge in [-0.2, -0.15) is 0 Å². The molecule has 0 aromatic heterocycles. The molecule has 0 saturated carbocycles. The van der Waals surface area contributed by atoms with Crippen molar-refractivity contribution in [3.63, 3.8) is 0 Å². The first-order valence-electron chi connectivity index (χ1n) is 12.7. The molecule has 2 unspecified atom stereocenters. The van der Waals surface area contributed by atoms with Gasteiger partial charge in [0, 0.05) is 17.3 Å². The molecule has 9 heteroatoms. The zero-order chi connectivity index (χ0) is 26.2. The van der Waals surface area contributed by atoms with Crippen molar-refractivity contribution in [1.29, 1.82) is 0 Å². The Morgan fingerprint density at radius 1 is 1.36 bits per heavy atom. The predicted molar refractivity (Wildman–Crippen MR) is 135 cm³/mol. The van der Waals surface area contributed by atoms with E-state index in [4.69, 9.17) is 21.1 Å². The number of aliphatic hydroxyl groups is 1. The van der Waals surface area contributed by atoms with Gasteiger partial charge in [0.1, 0.15) is 11.6 Å². The highest BCUT2D eigenvalue weighted by molar-refractivity contribution is 6.30. The summed E-state index contributed by atoms with van der Waals surface area (Å²) in [7, 11) is 0. The number of hydrogen-bond acceptors (Lipinski definition) is 6. The summed E-state index contributed by atoms with van der Waals surface area (Å²) in [5.41, 5.74) is -0.557. The van der Waals surface area contributed by atoms with Gasteiger partial charge >= 0.3 is 5.97 Å². The van der Waals surface area contributed by atoms with Gasteiger partial charge in [-0.15, -0.1) is 6.58 Å². The van der Waals surface area contributed by atoms with Crippen molar-refractivity contribution in [2.24, 2.45) is 17.8 Å². The number of esters is 1. The number of amides is 2. The zero-order valence-corrected chi connectivity index (χ0v) is 21.8. The number of benzene rings is 1. The zero-order valence-electron chi connectivity index (χ0n) is 21.1. The molecule has 3 fully saturated rings. The maximum atomic E-state index is 14.4. The third kappa shape index (κ3) is 4.13. The second kappa shape index (κ2) is 10.5. The number of carbonyl (C=O) groups excluding carboxylic acids is 3. The van der Waals surface area contributed by atoms with Crippen molar-refractivity contribution in [2.45, 2.75) is 63.8 Å². The highest BCUT2D eigenvalue weighted by atomic mass is 35.5. The average molecular weight is 519 g/mol. The largest absolute Gasteiger partial charge is 0.466 e. The molecule has 3 heterocycles. The Morgan fingerprint density at radius 3 is 2.64 bits per heavy atom. The van der Waals surface area contributed by atoms with Crippen LogP contribution in [0.2, 0.25) is 5.02 Å². The van der Waals surface area contributed by atoms with Crippen molar-refractivity contribution in [3.8, 4) is 0 Å². The van der Waals surface area contributed by atoms with Gasteiger partial charge in [-0.1, -0.05) is 37.9 Å². The molecule has 2 bridgehead atoms. The molecule has 3 aliphatic rings. The molecule has 7 atom stereocenters. The van der Waals surface area contributed by atoms with Crippen LogP contribution in [0.3, 0.4) is 0 Å². The molecule has 0 aliphatic carbocycles. The molecule has 3 saturated heterocycles. The van der Waals surface area contributed by atoms with Crippen molar-refractivity contribution < 1.29 is 29.0 Å². The summed E-state index contributed by atoms with van der Waals surface area (Å²) in [6.45, 7) is 9.56. The molecule has 1 spiro atoms. The monoisotopic (exact) mass is 518 g/mol. The van der Waals surface area contributed by atoms with E-state index in [1.54, 1.807) is 42.2 Å². The number of rotatable bonds is 10. The summed E-state index contributed by atoms with van der Waals surface area (Å²) in [5.74, 6) is -2.82. The Kier molecular flexibility index (Phi) is 7.78. The van der Waals surface area contributed by atoms with Crippen molar-refractivity contribution in [2.75, 3.05) is 24.7 Å². The smallest absolute Gasteiger partial charge is 0.312 e. The van der Waals surface area contributed by atoms with Crippen LogP contribution >= 0.6 is 11.6 Å². The minimum absolute atomic E-state index is 0.0777. The molecule has 4 rings (SSSR count). The van der Waals surface area contributed by atoms with Crippen LogP contribution in [0.5, 0.6) is 0 Å². The molecule has 36 heavy (non-hydrogen) atoms. The SMILES string of the molecule is C=CCN(C(=O)C1N([C@@H](CO)[C@@H](C)CC)C(=O)[C@@H]2[C@@H](C(=O)OCC)[C@H]3CCC12O3)c1ccc(Cl)cc1. The summed E-state index contributed by atoms with van der Waals surface area (Å²) in [6.07, 6.45) is 2.87. The van der Waals surface area contributed by atoms with Crippen molar-refractivity contribution in [1.82, 2.24) is 4.90 Å². The minimum atomic E-state index is -1.16. The van der Waals surface area contributed by atoms with Crippen LogP contribution in [0.25, 0.3) is 0 Å². The fraction of sp³-hybridized carbons (Fsp3) is 0.593. The van der Waals surface area contributed by atoms with E-state index >= 15 is 0 Å². The second-order valence-corrected chi connectivity index (χ2v) is 10.3. The molecule has 8 nitrogen and oxygen atoms in total. The van der Waals surface area contributed by atoms with E-state index in [2.05, 4.69) is 6.58 Å². The topological polar surface area (TPSA) is 96.4 Å². The molecule has 0 radical (unpaired) electrons. The summed E-state index contributed by atoms with van der Waals surface area (Å²) < 4.78 is 11.8. The molecule has 3 aliphatic heterocycles. The number of hydrogen-bond donors (Lipinski definition) is 1. The number of fused-ring (bicyclic) bond motifs is 1. The van der Waals surface area contributed by atoms with Crippen LogP contribution in [0.15, 0.2) is 36.9 Å². The number of halogens is 1. The summed E-state index contributed by atoms with van der Waals surface area (Å²) in [4.78, 5) is 44.6. The molecule has 1 aromatic rings. The van der Waals surface area contributed by atoms with E-state index in [0.717, 1.165) is 0 Å². The molecule has 2 amide bonds. The van der Waals surface area contributed by atoms with E-state index in [1.165, 1.54) is 4.90 Å². The summed E-state index contributed by atoms with van der Waals surface area (Å²) >= 11 is 6.08. The highest BCUT2D eigenvalue weighted by Gasteiger charge is 2.75. The lowest BCUT2D eigenvalue weighted by atomic mass is 9.70. The molecular formula is C27H35ClN2O6. The highest BCUT2D eigenvalue weighted by Crippen LogP contribution is 2.59. The van der Waals surface area contributed by atoms with Gasteiger partial charge in [0.2, 0.25) is 5.91 Å². The minimum Gasteiger partial charge on any atom is -0.466 e. The van der Waals surface area contributed by atoms with Crippen LogP contribution in [-0.2, 0) is 23.9 Å². The normalized spacial score (nSPS) is 30.1. The Labute approximate surface area is 217 Å².